The van der Waals surface area contributed by atoms with Gasteiger partial charge in [0.25, 0.3) is 0 Å². The van der Waals surface area contributed by atoms with Gasteiger partial charge in [-0.2, -0.15) is 0 Å². The van der Waals surface area contributed by atoms with Gasteiger partial charge >= 0.3 is 0 Å². The van der Waals surface area contributed by atoms with E-state index in [1.165, 1.54) is 0 Å². The van der Waals surface area contributed by atoms with Crippen molar-refractivity contribution in [2.75, 3.05) is 20.3 Å². The lowest BCUT2D eigenvalue weighted by Gasteiger charge is -2.14. The van der Waals surface area contributed by atoms with Gasteiger partial charge in [0.2, 0.25) is 0 Å². The van der Waals surface area contributed by atoms with Crippen LogP contribution in [0, 0.1) is 0 Å². The summed E-state index contributed by atoms with van der Waals surface area (Å²) in [6.45, 7) is 2.21. The van der Waals surface area contributed by atoms with Crippen LogP contribution in [-0.4, -0.2) is 31.3 Å². The number of ether oxygens (including phenoxy) is 2. The van der Waals surface area contributed by atoms with Crippen LogP contribution in [0.3, 0.4) is 0 Å². The summed E-state index contributed by atoms with van der Waals surface area (Å²) in [5.41, 5.74) is 1.97. The summed E-state index contributed by atoms with van der Waals surface area (Å²) in [5, 5.41) is 4.19. The fourth-order valence-electron chi connectivity index (χ4n) is 2.55. The van der Waals surface area contributed by atoms with E-state index in [-0.39, 0.29) is 6.10 Å². The lowest BCUT2D eigenvalue weighted by Crippen LogP contribution is -2.16. The predicted octanol–water partition coefficient (Wildman–Crippen LogP) is 2.51. The highest BCUT2D eigenvalue weighted by Gasteiger charge is 2.17. The number of aromatic nitrogens is 1. The Hall–Kier alpha value is -1.65. The minimum atomic E-state index is 0.231. The molecule has 1 atom stereocenters. The number of nitrogens with one attached hydrogen (secondary N) is 1. The van der Waals surface area contributed by atoms with E-state index in [9.17, 15) is 0 Å². The molecule has 1 unspecified atom stereocenters. The summed E-state index contributed by atoms with van der Waals surface area (Å²) < 4.78 is 11.6. The van der Waals surface area contributed by atoms with Crippen LogP contribution in [0.25, 0.3) is 10.9 Å². The first-order valence-electron chi connectivity index (χ1n) is 7.14. The van der Waals surface area contributed by atoms with E-state index in [2.05, 4.69) is 16.4 Å². The van der Waals surface area contributed by atoms with Gasteiger partial charge in [0.15, 0.2) is 0 Å². The summed E-state index contributed by atoms with van der Waals surface area (Å²) in [5.74, 6) is 0.899. The van der Waals surface area contributed by atoms with Crippen LogP contribution >= 0.6 is 0 Å². The number of nitrogens with zero attached hydrogens (tertiary/aromatic N) is 1. The second-order valence-corrected chi connectivity index (χ2v) is 5.11. The van der Waals surface area contributed by atoms with Gasteiger partial charge in [0.1, 0.15) is 12.4 Å². The van der Waals surface area contributed by atoms with Crippen molar-refractivity contribution in [3.05, 3.63) is 36.0 Å². The zero-order valence-corrected chi connectivity index (χ0v) is 11.8. The summed E-state index contributed by atoms with van der Waals surface area (Å²) >= 11 is 0. The molecule has 1 aromatic heterocycles. The number of benzene rings is 1. The molecule has 0 bridgehead atoms. The van der Waals surface area contributed by atoms with Gasteiger partial charge in [-0.1, -0.05) is 12.1 Å². The molecule has 20 heavy (non-hydrogen) atoms. The summed E-state index contributed by atoms with van der Waals surface area (Å²) in [4.78, 5) is 4.63. The molecule has 0 saturated carbocycles. The van der Waals surface area contributed by atoms with Gasteiger partial charge in [-0.25, -0.2) is 0 Å². The molecule has 106 valence electrons. The van der Waals surface area contributed by atoms with Crippen LogP contribution in [0.4, 0.5) is 0 Å². The Bertz CT molecular complexity index is 580. The van der Waals surface area contributed by atoms with Gasteiger partial charge in [-0.3, -0.25) is 4.98 Å². The second kappa shape index (κ2) is 6.20. The largest absolute Gasteiger partial charge is 0.490 e. The molecule has 4 heteroatoms. The Kier molecular flexibility index (Phi) is 4.14. The second-order valence-electron chi connectivity index (χ2n) is 5.11. The normalized spacial score (nSPS) is 18.6. The smallest absolute Gasteiger partial charge is 0.130 e. The van der Waals surface area contributed by atoms with Gasteiger partial charge in [-0.05, 0) is 32.0 Å². The molecule has 1 aliphatic rings. The average molecular weight is 272 g/mol. The zero-order valence-electron chi connectivity index (χ0n) is 11.8. The maximum Gasteiger partial charge on any atom is 0.130 e. The third-order valence-corrected chi connectivity index (χ3v) is 3.54. The summed E-state index contributed by atoms with van der Waals surface area (Å²) in [6.07, 6.45) is 2.46. The molecule has 0 spiro atoms. The lowest BCUT2D eigenvalue weighted by molar-refractivity contribution is 0.0684. The molecule has 1 fully saturated rings. The molecule has 1 aromatic carbocycles. The lowest BCUT2D eigenvalue weighted by atomic mass is 10.1. The molecule has 1 aliphatic heterocycles. The quantitative estimate of drug-likeness (QED) is 0.908. The Balaban J connectivity index is 1.86. The van der Waals surface area contributed by atoms with Gasteiger partial charge in [0.05, 0.1) is 17.3 Å². The van der Waals surface area contributed by atoms with Crippen molar-refractivity contribution >= 4 is 10.9 Å². The van der Waals surface area contributed by atoms with Crippen molar-refractivity contribution in [2.45, 2.75) is 25.5 Å². The molecular weight excluding hydrogens is 252 g/mol. The van der Waals surface area contributed by atoms with Crippen LogP contribution in [0.5, 0.6) is 5.75 Å². The van der Waals surface area contributed by atoms with E-state index in [1.54, 1.807) is 0 Å². The minimum absolute atomic E-state index is 0.231. The molecule has 0 radical (unpaired) electrons. The number of hydrogen-bond donors (Lipinski definition) is 1. The van der Waals surface area contributed by atoms with Crippen LogP contribution < -0.4 is 10.1 Å². The molecule has 1 N–H and O–H groups in total. The number of rotatable bonds is 5. The maximum absolute atomic E-state index is 6.00. The standard InChI is InChI=1S/C16H20N2O2/c1-17-10-12-9-16(20-11-13-5-4-8-19-13)14-6-2-3-7-15(14)18-12/h2-3,6-7,9,13,17H,4-5,8,10-11H2,1H3. The minimum Gasteiger partial charge on any atom is -0.490 e. The van der Waals surface area contributed by atoms with Crippen LogP contribution in [0.15, 0.2) is 30.3 Å². The number of pyridine rings is 1. The van der Waals surface area contributed by atoms with E-state index < -0.39 is 0 Å². The highest BCUT2D eigenvalue weighted by atomic mass is 16.5. The number of para-hydroxylation sites is 1. The van der Waals surface area contributed by atoms with E-state index in [1.807, 2.05) is 31.3 Å². The van der Waals surface area contributed by atoms with E-state index >= 15 is 0 Å². The highest BCUT2D eigenvalue weighted by Crippen LogP contribution is 2.26. The molecule has 0 amide bonds. The van der Waals surface area contributed by atoms with Crippen LogP contribution in [-0.2, 0) is 11.3 Å². The maximum atomic E-state index is 6.00. The molecule has 3 rings (SSSR count). The molecule has 2 heterocycles. The van der Waals surface area contributed by atoms with Crippen LogP contribution in [0.2, 0.25) is 0 Å². The Labute approximate surface area is 119 Å². The first kappa shape index (κ1) is 13.3. The third kappa shape index (κ3) is 2.92. The number of hydrogen-bond acceptors (Lipinski definition) is 4. The molecule has 1 saturated heterocycles. The SMILES string of the molecule is CNCc1cc(OCC2CCCO2)c2ccccc2n1. The molecule has 2 aromatic rings. The highest BCUT2D eigenvalue weighted by molar-refractivity contribution is 5.85. The summed E-state index contributed by atoms with van der Waals surface area (Å²) in [6, 6.07) is 10.1. The Morgan fingerprint density at radius 3 is 3.10 bits per heavy atom. The third-order valence-electron chi connectivity index (χ3n) is 3.54. The topological polar surface area (TPSA) is 43.4 Å². The molecule has 4 nitrogen and oxygen atoms in total. The van der Waals surface area contributed by atoms with Crippen LogP contribution in [0.1, 0.15) is 18.5 Å². The van der Waals surface area contributed by atoms with Crippen molar-refractivity contribution < 1.29 is 9.47 Å². The molecule has 0 aliphatic carbocycles. The van der Waals surface area contributed by atoms with Gasteiger partial charge < -0.3 is 14.8 Å². The van der Waals surface area contributed by atoms with E-state index in [4.69, 9.17) is 9.47 Å². The monoisotopic (exact) mass is 272 g/mol. The predicted molar refractivity (Wildman–Crippen MR) is 79.0 cm³/mol. The number of fused-ring (bicyclic) bond motifs is 1. The van der Waals surface area contributed by atoms with Crippen molar-refractivity contribution in [3.8, 4) is 5.75 Å². The molecular formula is C16H20N2O2. The fraction of sp³-hybridized carbons (Fsp3) is 0.438. The average Bonchev–Trinajstić information content (AvgIpc) is 2.98. The van der Waals surface area contributed by atoms with Crippen molar-refractivity contribution in [2.24, 2.45) is 0 Å². The van der Waals surface area contributed by atoms with Crippen molar-refractivity contribution in [3.63, 3.8) is 0 Å². The fourth-order valence-corrected chi connectivity index (χ4v) is 2.55. The van der Waals surface area contributed by atoms with Gasteiger partial charge in [0, 0.05) is 24.6 Å². The first-order chi connectivity index (χ1) is 9.86. The Morgan fingerprint density at radius 2 is 2.30 bits per heavy atom. The first-order valence-corrected chi connectivity index (χ1v) is 7.14. The summed E-state index contributed by atoms with van der Waals surface area (Å²) in [7, 11) is 1.92. The van der Waals surface area contributed by atoms with E-state index in [0.717, 1.165) is 48.3 Å². The van der Waals surface area contributed by atoms with Gasteiger partial charge in [-0.15, -0.1) is 0 Å². The Morgan fingerprint density at radius 1 is 1.40 bits per heavy atom. The zero-order chi connectivity index (χ0) is 13.8. The van der Waals surface area contributed by atoms with Crippen molar-refractivity contribution in [1.29, 1.82) is 0 Å². The van der Waals surface area contributed by atoms with Crippen molar-refractivity contribution in [1.82, 2.24) is 10.3 Å². The van der Waals surface area contributed by atoms with E-state index in [0.29, 0.717) is 6.61 Å².